The first-order valence-electron chi connectivity index (χ1n) is 6.93. The van der Waals surface area contributed by atoms with E-state index in [-0.39, 0.29) is 5.60 Å². The summed E-state index contributed by atoms with van der Waals surface area (Å²) in [5.74, 6) is 0.942. The molecular weight excluding hydrogens is 264 g/mol. The normalized spacial score (nSPS) is 30.9. The summed E-state index contributed by atoms with van der Waals surface area (Å²) in [7, 11) is 0. The van der Waals surface area contributed by atoms with Crippen molar-refractivity contribution < 1.29 is 4.74 Å². The van der Waals surface area contributed by atoms with Gasteiger partial charge in [0.15, 0.2) is 0 Å². The summed E-state index contributed by atoms with van der Waals surface area (Å²) < 4.78 is 6.37. The van der Waals surface area contributed by atoms with Crippen LogP contribution in [-0.2, 0) is 4.74 Å². The molecule has 0 bridgehead atoms. The number of halogens is 1. The zero-order valence-corrected chi connectivity index (χ0v) is 12.7. The first-order chi connectivity index (χ1) is 7.69. The van der Waals surface area contributed by atoms with Crippen LogP contribution in [0.1, 0.15) is 65.7 Å². The Morgan fingerprint density at radius 3 is 2.12 bits per heavy atom. The molecule has 0 aromatic heterocycles. The molecule has 0 aromatic rings. The molecule has 96 valence electrons. The molecule has 0 saturated heterocycles. The minimum atomic E-state index is 0.141. The van der Waals surface area contributed by atoms with Crippen molar-refractivity contribution in [3.05, 3.63) is 0 Å². The Labute approximate surface area is 109 Å². The molecule has 1 fully saturated rings. The van der Waals surface area contributed by atoms with E-state index < -0.39 is 0 Å². The predicted molar refractivity (Wildman–Crippen MR) is 74.2 cm³/mol. The zero-order chi connectivity index (χ0) is 12.0. The van der Waals surface area contributed by atoms with Gasteiger partial charge in [-0.1, -0.05) is 43.1 Å². The third-order valence-corrected chi connectivity index (χ3v) is 5.19. The second-order valence-electron chi connectivity index (χ2n) is 5.22. The maximum Gasteiger partial charge on any atom is 0.0782 e. The van der Waals surface area contributed by atoms with Crippen LogP contribution in [0.2, 0.25) is 0 Å². The van der Waals surface area contributed by atoms with E-state index >= 15 is 0 Å². The first-order valence-corrected chi connectivity index (χ1v) is 8.05. The van der Waals surface area contributed by atoms with Crippen LogP contribution < -0.4 is 0 Å². The van der Waals surface area contributed by atoms with Gasteiger partial charge in [0.1, 0.15) is 0 Å². The maximum absolute atomic E-state index is 6.37. The van der Waals surface area contributed by atoms with Crippen LogP contribution in [0.15, 0.2) is 0 Å². The molecule has 1 aliphatic carbocycles. The van der Waals surface area contributed by atoms with Crippen LogP contribution in [-0.4, -0.2) is 17.0 Å². The molecule has 1 nitrogen and oxygen atoms in total. The quantitative estimate of drug-likeness (QED) is 0.631. The van der Waals surface area contributed by atoms with Gasteiger partial charge in [-0.3, -0.25) is 0 Å². The molecule has 0 unspecified atom stereocenters. The van der Waals surface area contributed by atoms with Crippen LogP contribution in [0.25, 0.3) is 0 Å². The van der Waals surface area contributed by atoms with Crippen LogP contribution in [0.4, 0.5) is 0 Å². The Bertz CT molecular complexity index is 181. The summed E-state index contributed by atoms with van der Waals surface area (Å²) >= 11 is 3.67. The Morgan fingerprint density at radius 2 is 1.75 bits per heavy atom. The van der Waals surface area contributed by atoms with Crippen molar-refractivity contribution in [2.24, 2.45) is 5.92 Å². The third-order valence-electron chi connectivity index (χ3n) is 4.16. The summed E-state index contributed by atoms with van der Waals surface area (Å²) in [6, 6.07) is 0. The van der Waals surface area contributed by atoms with Gasteiger partial charge in [-0.05, 0) is 44.4 Å². The van der Waals surface area contributed by atoms with Crippen molar-refractivity contribution in [3.8, 4) is 0 Å². The van der Waals surface area contributed by atoms with Gasteiger partial charge in [0, 0.05) is 5.33 Å². The smallest absolute Gasteiger partial charge is 0.0782 e. The summed E-state index contributed by atoms with van der Waals surface area (Å²) in [6.45, 7) is 6.77. The molecule has 2 heteroatoms. The van der Waals surface area contributed by atoms with Gasteiger partial charge >= 0.3 is 0 Å². The second-order valence-corrected chi connectivity index (χ2v) is 5.79. The number of hydrogen-bond acceptors (Lipinski definition) is 1. The zero-order valence-electron chi connectivity index (χ0n) is 11.1. The molecular formula is C14H27BrO. The van der Waals surface area contributed by atoms with Crippen molar-refractivity contribution in [1.29, 1.82) is 0 Å². The van der Waals surface area contributed by atoms with Crippen molar-refractivity contribution in [1.82, 2.24) is 0 Å². The number of rotatable bonds is 6. The summed E-state index contributed by atoms with van der Waals surface area (Å²) in [5, 5.41) is 1.01. The van der Waals surface area contributed by atoms with E-state index in [0.717, 1.165) is 24.1 Å². The lowest BCUT2D eigenvalue weighted by Gasteiger charge is -2.41. The van der Waals surface area contributed by atoms with Crippen LogP contribution in [0, 0.1) is 5.92 Å². The molecule has 1 saturated carbocycles. The lowest BCUT2D eigenvalue weighted by molar-refractivity contribution is -0.106. The Hall–Kier alpha value is 0.440. The molecule has 1 aliphatic rings. The van der Waals surface area contributed by atoms with Gasteiger partial charge in [-0.15, -0.1) is 0 Å². The number of ether oxygens (including phenoxy) is 1. The van der Waals surface area contributed by atoms with E-state index in [9.17, 15) is 0 Å². The molecule has 0 amide bonds. The SMILES string of the molecule is CCC1CCC(CBr)(OC(CC)CC)CC1. The van der Waals surface area contributed by atoms with Gasteiger partial charge < -0.3 is 4.74 Å². The monoisotopic (exact) mass is 290 g/mol. The molecule has 0 N–H and O–H groups in total. The third kappa shape index (κ3) is 3.73. The van der Waals surface area contributed by atoms with E-state index in [4.69, 9.17) is 4.74 Å². The highest BCUT2D eigenvalue weighted by atomic mass is 79.9. The summed E-state index contributed by atoms with van der Waals surface area (Å²) in [6.07, 6.45) is 9.26. The van der Waals surface area contributed by atoms with Gasteiger partial charge in [-0.25, -0.2) is 0 Å². The fourth-order valence-corrected chi connectivity index (χ4v) is 3.40. The van der Waals surface area contributed by atoms with Crippen LogP contribution >= 0.6 is 15.9 Å². The van der Waals surface area contributed by atoms with E-state index in [1.54, 1.807) is 0 Å². The molecule has 0 radical (unpaired) electrons. The van der Waals surface area contributed by atoms with Gasteiger partial charge in [-0.2, -0.15) is 0 Å². The van der Waals surface area contributed by atoms with Crippen molar-refractivity contribution >= 4 is 15.9 Å². The Kier molecular flexibility index (Phi) is 6.35. The lowest BCUT2D eigenvalue weighted by atomic mass is 9.78. The van der Waals surface area contributed by atoms with E-state index in [2.05, 4.69) is 36.7 Å². The summed E-state index contributed by atoms with van der Waals surface area (Å²) in [4.78, 5) is 0. The Morgan fingerprint density at radius 1 is 1.19 bits per heavy atom. The van der Waals surface area contributed by atoms with Gasteiger partial charge in [0.25, 0.3) is 0 Å². The minimum Gasteiger partial charge on any atom is -0.371 e. The number of alkyl halides is 1. The van der Waals surface area contributed by atoms with Crippen molar-refractivity contribution in [2.75, 3.05) is 5.33 Å². The van der Waals surface area contributed by atoms with Gasteiger partial charge in [0.2, 0.25) is 0 Å². The Balaban J connectivity index is 2.51. The standard InChI is InChI=1S/C14H27BrO/c1-4-12-7-9-14(11-15,10-8-12)16-13(5-2)6-3/h12-13H,4-11H2,1-3H3. The molecule has 0 heterocycles. The topological polar surface area (TPSA) is 9.23 Å². The van der Waals surface area contributed by atoms with Crippen LogP contribution in [0.3, 0.4) is 0 Å². The largest absolute Gasteiger partial charge is 0.371 e. The molecule has 0 spiro atoms. The van der Waals surface area contributed by atoms with Crippen molar-refractivity contribution in [3.63, 3.8) is 0 Å². The van der Waals surface area contributed by atoms with E-state index in [0.29, 0.717) is 6.10 Å². The van der Waals surface area contributed by atoms with Crippen molar-refractivity contribution in [2.45, 2.75) is 77.4 Å². The molecule has 16 heavy (non-hydrogen) atoms. The maximum atomic E-state index is 6.37. The molecule has 1 rings (SSSR count). The lowest BCUT2D eigenvalue weighted by Crippen LogP contribution is -2.41. The fourth-order valence-electron chi connectivity index (χ4n) is 2.70. The summed E-state index contributed by atoms with van der Waals surface area (Å²) in [5.41, 5.74) is 0.141. The average molecular weight is 291 g/mol. The predicted octanol–water partition coefficient (Wildman–Crippen LogP) is 4.93. The van der Waals surface area contributed by atoms with E-state index in [1.165, 1.54) is 32.1 Å². The highest BCUT2D eigenvalue weighted by Gasteiger charge is 2.36. The highest BCUT2D eigenvalue weighted by molar-refractivity contribution is 9.09. The molecule has 0 aliphatic heterocycles. The highest BCUT2D eigenvalue weighted by Crippen LogP contribution is 2.38. The number of hydrogen-bond donors (Lipinski definition) is 0. The van der Waals surface area contributed by atoms with E-state index in [1.807, 2.05) is 0 Å². The second kappa shape index (κ2) is 7.00. The minimum absolute atomic E-state index is 0.141. The molecule has 0 atom stereocenters. The first kappa shape index (κ1) is 14.5. The van der Waals surface area contributed by atoms with Gasteiger partial charge in [0.05, 0.1) is 11.7 Å². The average Bonchev–Trinajstić information content (AvgIpc) is 2.36. The molecule has 0 aromatic carbocycles. The van der Waals surface area contributed by atoms with Crippen LogP contribution in [0.5, 0.6) is 0 Å². The fraction of sp³-hybridized carbons (Fsp3) is 1.00.